The SMILES string of the molecule is Cc1ccc(-n2nc(C)cc2C(=O)N2CCN(c3ccc(C)c(C)c3)CC2)cc1. The van der Waals surface area contributed by atoms with Crippen molar-refractivity contribution in [1.29, 1.82) is 0 Å². The van der Waals surface area contributed by atoms with Crippen molar-refractivity contribution in [2.75, 3.05) is 31.1 Å². The highest BCUT2D eigenvalue weighted by molar-refractivity contribution is 5.93. The molecule has 150 valence electrons. The zero-order valence-electron chi connectivity index (χ0n) is 17.6. The predicted molar refractivity (Wildman–Crippen MR) is 117 cm³/mol. The molecular weight excluding hydrogens is 360 g/mol. The van der Waals surface area contributed by atoms with E-state index in [0.717, 1.165) is 24.5 Å². The van der Waals surface area contributed by atoms with E-state index < -0.39 is 0 Å². The lowest BCUT2D eigenvalue weighted by Crippen LogP contribution is -2.49. The lowest BCUT2D eigenvalue weighted by molar-refractivity contribution is 0.0737. The summed E-state index contributed by atoms with van der Waals surface area (Å²) in [6, 6.07) is 16.6. The normalized spacial score (nSPS) is 14.3. The number of hydrogen-bond acceptors (Lipinski definition) is 3. The van der Waals surface area contributed by atoms with Gasteiger partial charge < -0.3 is 9.80 Å². The summed E-state index contributed by atoms with van der Waals surface area (Å²) >= 11 is 0. The van der Waals surface area contributed by atoms with Crippen LogP contribution in [0.4, 0.5) is 5.69 Å². The number of amides is 1. The topological polar surface area (TPSA) is 41.4 Å². The largest absolute Gasteiger partial charge is 0.368 e. The third-order valence-electron chi connectivity index (χ3n) is 5.75. The zero-order chi connectivity index (χ0) is 20.5. The minimum Gasteiger partial charge on any atom is -0.368 e. The lowest BCUT2D eigenvalue weighted by atomic mass is 10.1. The molecule has 0 bridgehead atoms. The van der Waals surface area contributed by atoms with Crippen LogP contribution in [0.1, 0.15) is 32.9 Å². The number of carbonyl (C=O) groups is 1. The number of rotatable bonds is 3. The summed E-state index contributed by atoms with van der Waals surface area (Å²) < 4.78 is 1.77. The summed E-state index contributed by atoms with van der Waals surface area (Å²) in [7, 11) is 0. The Morgan fingerprint density at radius 2 is 1.45 bits per heavy atom. The molecule has 2 aromatic carbocycles. The van der Waals surface area contributed by atoms with E-state index in [1.54, 1.807) is 4.68 Å². The van der Waals surface area contributed by atoms with Crippen LogP contribution in [0, 0.1) is 27.7 Å². The number of hydrogen-bond donors (Lipinski definition) is 0. The predicted octanol–water partition coefficient (Wildman–Crippen LogP) is 4.07. The third kappa shape index (κ3) is 3.90. The van der Waals surface area contributed by atoms with Crippen molar-refractivity contribution >= 4 is 11.6 Å². The molecule has 1 aromatic heterocycles. The van der Waals surface area contributed by atoms with Gasteiger partial charge in [-0.2, -0.15) is 5.10 Å². The minimum absolute atomic E-state index is 0.0471. The van der Waals surface area contributed by atoms with Crippen LogP contribution in [0.25, 0.3) is 5.69 Å². The molecule has 0 atom stereocenters. The van der Waals surface area contributed by atoms with E-state index in [0.29, 0.717) is 18.8 Å². The lowest BCUT2D eigenvalue weighted by Gasteiger charge is -2.36. The summed E-state index contributed by atoms with van der Waals surface area (Å²) in [4.78, 5) is 17.6. The number of carbonyl (C=O) groups excluding carboxylic acids is 1. The number of aromatic nitrogens is 2. The Bertz CT molecular complexity index is 1030. The maximum absolute atomic E-state index is 13.3. The van der Waals surface area contributed by atoms with Crippen molar-refractivity contribution in [2.24, 2.45) is 0 Å². The second kappa shape index (κ2) is 7.74. The van der Waals surface area contributed by atoms with Gasteiger partial charge in [-0.3, -0.25) is 4.79 Å². The van der Waals surface area contributed by atoms with Gasteiger partial charge in [0.25, 0.3) is 5.91 Å². The van der Waals surface area contributed by atoms with E-state index in [1.165, 1.54) is 22.4 Å². The molecule has 0 radical (unpaired) electrons. The monoisotopic (exact) mass is 388 g/mol. The van der Waals surface area contributed by atoms with Crippen molar-refractivity contribution in [1.82, 2.24) is 14.7 Å². The van der Waals surface area contributed by atoms with Gasteiger partial charge in [0.05, 0.1) is 11.4 Å². The molecule has 0 saturated carbocycles. The molecule has 1 amide bonds. The fourth-order valence-electron chi connectivity index (χ4n) is 3.79. The average Bonchev–Trinajstić information content (AvgIpc) is 3.12. The Balaban J connectivity index is 1.50. The molecule has 0 N–H and O–H groups in total. The molecule has 2 heterocycles. The van der Waals surface area contributed by atoms with E-state index >= 15 is 0 Å². The summed E-state index contributed by atoms with van der Waals surface area (Å²) in [6.07, 6.45) is 0. The molecule has 0 unspecified atom stereocenters. The van der Waals surface area contributed by atoms with Gasteiger partial charge in [-0.1, -0.05) is 23.8 Å². The van der Waals surface area contributed by atoms with Crippen LogP contribution in [0.2, 0.25) is 0 Å². The summed E-state index contributed by atoms with van der Waals surface area (Å²) in [5, 5.41) is 4.57. The van der Waals surface area contributed by atoms with Gasteiger partial charge in [-0.15, -0.1) is 0 Å². The fraction of sp³-hybridized carbons (Fsp3) is 0.333. The molecular formula is C24H28N4O. The van der Waals surface area contributed by atoms with Gasteiger partial charge in [0.2, 0.25) is 0 Å². The Labute approximate surface area is 172 Å². The van der Waals surface area contributed by atoms with Crippen LogP contribution in [0.3, 0.4) is 0 Å². The average molecular weight is 389 g/mol. The molecule has 3 aromatic rings. The van der Waals surface area contributed by atoms with Crippen molar-refractivity contribution < 1.29 is 4.79 Å². The van der Waals surface area contributed by atoms with Gasteiger partial charge >= 0.3 is 0 Å². The first-order valence-corrected chi connectivity index (χ1v) is 10.2. The first-order chi connectivity index (χ1) is 13.9. The number of piperazine rings is 1. The van der Waals surface area contributed by atoms with Gasteiger partial charge in [0.1, 0.15) is 5.69 Å². The molecule has 29 heavy (non-hydrogen) atoms. The van der Waals surface area contributed by atoms with Crippen molar-refractivity contribution in [3.8, 4) is 5.69 Å². The highest BCUT2D eigenvalue weighted by Gasteiger charge is 2.25. The second-order valence-electron chi connectivity index (χ2n) is 7.97. The molecule has 1 fully saturated rings. The Hall–Kier alpha value is -3.08. The quantitative estimate of drug-likeness (QED) is 0.679. The Morgan fingerprint density at radius 1 is 0.793 bits per heavy atom. The number of benzene rings is 2. The summed E-state index contributed by atoms with van der Waals surface area (Å²) in [5.74, 6) is 0.0471. The van der Waals surface area contributed by atoms with Gasteiger partial charge in [0.15, 0.2) is 0 Å². The van der Waals surface area contributed by atoms with Crippen LogP contribution in [-0.2, 0) is 0 Å². The first-order valence-electron chi connectivity index (χ1n) is 10.2. The molecule has 1 aliphatic rings. The van der Waals surface area contributed by atoms with Crippen molar-refractivity contribution in [3.05, 3.63) is 76.6 Å². The molecule has 5 heteroatoms. The molecule has 0 spiro atoms. The highest BCUT2D eigenvalue weighted by atomic mass is 16.2. The molecule has 1 aliphatic heterocycles. The molecule has 4 rings (SSSR count). The maximum Gasteiger partial charge on any atom is 0.272 e. The number of aryl methyl sites for hydroxylation is 4. The standard InChI is InChI=1S/C24H28N4O/c1-17-5-8-21(9-6-17)28-23(16-20(4)25-28)24(29)27-13-11-26(12-14-27)22-10-7-18(2)19(3)15-22/h5-10,15-16H,11-14H2,1-4H3. The Kier molecular flexibility index (Phi) is 5.14. The van der Waals surface area contributed by atoms with E-state index in [2.05, 4.69) is 49.0 Å². The summed E-state index contributed by atoms with van der Waals surface area (Å²) in [6.45, 7) is 11.4. The van der Waals surface area contributed by atoms with Gasteiger partial charge in [0, 0.05) is 31.9 Å². The van der Waals surface area contributed by atoms with Crippen molar-refractivity contribution in [3.63, 3.8) is 0 Å². The number of anilines is 1. The highest BCUT2D eigenvalue weighted by Crippen LogP contribution is 2.22. The molecule has 5 nitrogen and oxygen atoms in total. The minimum atomic E-state index is 0.0471. The maximum atomic E-state index is 13.3. The number of nitrogens with zero attached hydrogens (tertiary/aromatic N) is 4. The smallest absolute Gasteiger partial charge is 0.272 e. The van der Waals surface area contributed by atoms with Crippen molar-refractivity contribution in [2.45, 2.75) is 27.7 Å². The fourth-order valence-corrected chi connectivity index (χ4v) is 3.79. The van der Waals surface area contributed by atoms with Crippen LogP contribution >= 0.6 is 0 Å². The zero-order valence-corrected chi connectivity index (χ0v) is 17.6. The van der Waals surface area contributed by atoms with Crippen LogP contribution in [0.15, 0.2) is 48.5 Å². The van der Waals surface area contributed by atoms with Gasteiger partial charge in [-0.05, 0) is 69.2 Å². The van der Waals surface area contributed by atoms with Gasteiger partial charge in [-0.25, -0.2) is 4.68 Å². The van der Waals surface area contributed by atoms with E-state index in [-0.39, 0.29) is 5.91 Å². The van der Waals surface area contributed by atoms with E-state index in [4.69, 9.17) is 0 Å². The summed E-state index contributed by atoms with van der Waals surface area (Å²) in [5.41, 5.74) is 7.43. The van der Waals surface area contributed by atoms with E-state index in [1.807, 2.05) is 42.2 Å². The molecule has 1 saturated heterocycles. The Morgan fingerprint density at radius 3 is 2.10 bits per heavy atom. The first kappa shape index (κ1) is 19.2. The van der Waals surface area contributed by atoms with E-state index in [9.17, 15) is 4.79 Å². The van der Waals surface area contributed by atoms with Crippen LogP contribution in [-0.4, -0.2) is 46.8 Å². The second-order valence-corrected chi connectivity index (χ2v) is 7.97. The van der Waals surface area contributed by atoms with Crippen LogP contribution < -0.4 is 4.90 Å². The third-order valence-corrected chi connectivity index (χ3v) is 5.75. The molecule has 0 aliphatic carbocycles. The van der Waals surface area contributed by atoms with Crippen LogP contribution in [0.5, 0.6) is 0 Å².